The Hall–Kier alpha value is -0.0800. The maximum Gasteiger partial charge on any atom is 0.00385 e. The van der Waals surface area contributed by atoms with Crippen LogP contribution in [0.25, 0.3) is 0 Å². The normalized spacial score (nSPS) is 17.8. The van der Waals surface area contributed by atoms with Crippen molar-refractivity contribution in [2.45, 2.75) is 71.8 Å². The number of hydrogen-bond acceptors (Lipinski definition) is 2. The molecule has 0 amide bonds. The Balaban J connectivity index is 2.11. The predicted molar refractivity (Wildman–Crippen MR) is 81.1 cm³/mol. The second kappa shape index (κ2) is 9.80. The van der Waals surface area contributed by atoms with Crippen LogP contribution in [0.1, 0.15) is 65.7 Å². The third kappa shape index (κ3) is 6.75. The van der Waals surface area contributed by atoms with Crippen LogP contribution >= 0.6 is 0 Å². The van der Waals surface area contributed by atoms with E-state index in [4.69, 9.17) is 0 Å². The molecular formula is C16H34N2. The molecule has 2 nitrogen and oxygen atoms in total. The summed E-state index contributed by atoms with van der Waals surface area (Å²) in [6.07, 6.45) is 9.74. The molecule has 1 saturated heterocycles. The molecule has 0 aromatic rings. The van der Waals surface area contributed by atoms with Gasteiger partial charge in [-0.2, -0.15) is 0 Å². The van der Waals surface area contributed by atoms with Crippen LogP contribution in [0.2, 0.25) is 0 Å². The number of hydrogen-bond donors (Lipinski definition) is 1. The highest BCUT2D eigenvalue weighted by atomic mass is 15.1. The Morgan fingerprint density at radius 3 is 2.33 bits per heavy atom. The fourth-order valence-corrected chi connectivity index (χ4v) is 2.95. The first-order valence-corrected chi connectivity index (χ1v) is 8.18. The topological polar surface area (TPSA) is 15.3 Å². The molecule has 0 bridgehead atoms. The molecule has 1 N–H and O–H groups in total. The van der Waals surface area contributed by atoms with Gasteiger partial charge in [-0.25, -0.2) is 0 Å². The molecule has 1 rings (SSSR count). The lowest BCUT2D eigenvalue weighted by Gasteiger charge is -2.28. The lowest BCUT2D eigenvalue weighted by Crippen LogP contribution is -2.33. The first-order valence-electron chi connectivity index (χ1n) is 8.18. The van der Waals surface area contributed by atoms with E-state index >= 15 is 0 Å². The summed E-state index contributed by atoms with van der Waals surface area (Å²) < 4.78 is 0. The largest absolute Gasteiger partial charge is 0.317 e. The van der Waals surface area contributed by atoms with Crippen LogP contribution in [0.5, 0.6) is 0 Å². The molecule has 0 aliphatic carbocycles. The molecular weight excluding hydrogens is 220 g/mol. The number of nitrogens with one attached hydrogen (secondary N) is 1. The van der Waals surface area contributed by atoms with Crippen molar-refractivity contribution >= 4 is 0 Å². The van der Waals surface area contributed by atoms with Crippen molar-refractivity contribution in [3.63, 3.8) is 0 Å². The zero-order valence-electron chi connectivity index (χ0n) is 12.9. The lowest BCUT2D eigenvalue weighted by atomic mass is 9.93. The number of nitrogens with zero attached hydrogens (tertiary/aromatic N) is 1. The summed E-state index contributed by atoms with van der Waals surface area (Å²) in [4.78, 5) is 2.68. The minimum Gasteiger partial charge on any atom is -0.317 e. The first kappa shape index (κ1) is 16.0. The first-order chi connectivity index (χ1) is 8.74. The minimum absolute atomic E-state index is 0.717. The van der Waals surface area contributed by atoms with Crippen LogP contribution in [-0.2, 0) is 0 Å². The molecule has 0 radical (unpaired) electrons. The quantitative estimate of drug-likeness (QED) is 0.632. The molecule has 0 aromatic carbocycles. The van der Waals surface area contributed by atoms with Crippen LogP contribution < -0.4 is 5.32 Å². The van der Waals surface area contributed by atoms with Crippen LogP contribution in [0.4, 0.5) is 0 Å². The van der Waals surface area contributed by atoms with Gasteiger partial charge in [0, 0.05) is 6.04 Å². The third-order valence-electron chi connectivity index (χ3n) is 4.30. The Morgan fingerprint density at radius 2 is 1.72 bits per heavy atom. The molecule has 0 saturated carbocycles. The molecule has 1 aliphatic rings. The maximum atomic E-state index is 3.46. The van der Waals surface area contributed by atoms with Crippen LogP contribution in [0.15, 0.2) is 0 Å². The number of unbranched alkanes of at least 4 members (excludes halogenated alkanes) is 2. The van der Waals surface area contributed by atoms with Crippen molar-refractivity contribution in [2.24, 2.45) is 5.92 Å². The van der Waals surface area contributed by atoms with Crippen molar-refractivity contribution < 1.29 is 0 Å². The summed E-state index contributed by atoms with van der Waals surface area (Å²) in [7, 11) is 0. The fourth-order valence-electron chi connectivity index (χ4n) is 2.95. The van der Waals surface area contributed by atoms with Gasteiger partial charge >= 0.3 is 0 Å². The van der Waals surface area contributed by atoms with E-state index in [1.54, 1.807) is 0 Å². The van der Waals surface area contributed by atoms with E-state index in [2.05, 4.69) is 31.0 Å². The molecule has 2 heteroatoms. The average Bonchev–Trinajstić information content (AvgIpc) is 2.38. The second-order valence-electron chi connectivity index (χ2n) is 6.17. The molecule has 0 atom stereocenters. The maximum absolute atomic E-state index is 3.46. The summed E-state index contributed by atoms with van der Waals surface area (Å²) in [6.45, 7) is 12.1. The van der Waals surface area contributed by atoms with Crippen LogP contribution in [-0.4, -0.2) is 37.1 Å². The number of piperidine rings is 1. The summed E-state index contributed by atoms with van der Waals surface area (Å²) in [5.74, 6) is 0.996. The van der Waals surface area contributed by atoms with Crippen molar-refractivity contribution in [1.82, 2.24) is 10.2 Å². The van der Waals surface area contributed by atoms with E-state index < -0.39 is 0 Å². The van der Waals surface area contributed by atoms with E-state index in [0.29, 0.717) is 0 Å². The third-order valence-corrected chi connectivity index (χ3v) is 4.30. The fraction of sp³-hybridized carbons (Fsp3) is 1.00. The molecule has 0 aromatic heterocycles. The van der Waals surface area contributed by atoms with Gasteiger partial charge in [-0.05, 0) is 78.0 Å². The lowest BCUT2D eigenvalue weighted by molar-refractivity contribution is 0.204. The van der Waals surface area contributed by atoms with Gasteiger partial charge in [0.05, 0.1) is 0 Å². The van der Waals surface area contributed by atoms with Gasteiger partial charge in [-0.1, -0.05) is 19.8 Å². The van der Waals surface area contributed by atoms with E-state index in [9.17, 15) is 0 Å². The monoisotopic (exact) mass is 254 g/mol. The van der Waals surface area contributed by atoms with Gasteiger partial charge < -0.3 is 10.2 Å². The smallest absolute Gasteiger partial charge is 0.00385 e. The van der Waals surface area contributed by atoms with Crippen molar-refractivity contribution in [3.05, 3.63) is 0 Å². The van der Waals surface area contributed by atoms with Crippen LogP contribution in [0, 0.1) is 5.92 Å². The second-order valence-corrected chi connectivity index (χ2v) is 6.17. The highest BCUT2D eigenvalue weighted by molar-refractivity contribution is 4.70. The van der Waals surface area contributed by atoms with Crippen LogP contribution in [0.3, 0.4) is 0 Å². The van der Waals surface area contributed by atoms with Gasteiger partial charge in [0.1, 0.15) is 0 Å². The minimum atomic E-state index is 0.717. The standard InChI is InChI=1S/C16H34N2/c1-4-5-6-13-18(15(2)3)14-7-8-16-9-11-17-12-10-16/h15-17H,4-14H2,1-3H3. The Bertz CT molecular complexity index is 186. The zero-order valence-corrected chi connectivity index (χ0v) is 12.9. The highest BCUT2D eigenvalue weighted by Gasteiger charge is 2.14. The molecule has 1 fully saturated rings. The molecule has 0 unspecified atom stereocenters. The van der Waals surface area contributed by atoms with Crippen molar-refractivity contribution in [3.8, 4) is 0 Å². The molecule has 18 heavy (non-hydrogen) atoms. The zero-order chi connectivity index (χ0) is 13.2. The van der Waals surface area contributed by atoms with E-state index in [0.717, 1.165) is 12.0 Å². The van der Waals surface area contributed by atoms with Gasteiger partial charge in [0.2, 0.25) is 0 Å². The predicted octanol–water partition coefficient (Wildman–Crippen LogP) is 3.67. The highest BCUT2D eigenvalue weighted by Crippen LogP contribution is 2.18. The van der Waals surface area contributed by atoms with E-state index in [-0.39, 0.29) is 0 Å². The number of rotatable bonds is 9. The molecule has 108 valence electrons. The van der Waals surface area contributed by atoms with Crippen molar-refractivity contribution in [2.75, 3.05) is 26.2 Å². The summed E-state index contributed by atoms with van der Waals surface area (Å²) in [5.41, 5.74) is 0. The van der Waals surface area contributed by atoms with Gasteiger partial charge in [0.15, 0.2) is 0 Å². The Labute approximate surface area is 115 Å². The van der Waals surface area contributed by atoms with Gasteiger partial charge in [0.25, 0.3) is 0 Å². The molecule has 1 aliphatic heterocycles. The van der Waals surface area contributed by atoms with E-state index in [1.165, 1.54) is 71.1 Å². The SMILES string of the molecule is CCCCCN(CCCC1CCNCC1)C(C)C. The summed E-state index contributed by atoms with van der Waals surface area (Å²) >= 11 is 0. The van der Waals surface area contributed by atoms with Gasteiger partial charge in [-0.3, -0.25) is 0 Å². The Morgan fingerprint density at radius 1 is 1.06 bits per heavy atom. The molecule has 0 spiro atoms. The Kier molecular flexibility index (Phi) is 8.70. The van der Waals surface area contributed by atoms with E-state index in [1.807, 2.05) is 0 Å². The van der Waals surface area contributed by atoms with Crippen molar-refractivity contribution in [1.29, 1.82) is 0 Å². The average molecular weight is 254 g/mol. The van der Waals surface area contributed by atoms with Gasteiger partial charge in [-0.15, -0.1) is 0 Å². The molecule has 1 heterocycles. The summed E-state index contributed by atoms with van der Waals surface area (Å²) in [6, 6.07) is 0.717. The summed E-state index contributed by atoms with van der Waals surface area (Å²) in [5, 5.41) is 3.46.